The minimum Gasteiger partial charge on any atom is -0.423 e. The molecule has 0 bridgehead atoms. The predicted molar refractivity (Wildman–Crippen MR) is 87.1 cm³/mol. The van der Waals surface area contributed by atoms with E-state index in [2.05, 4.69) is 37.8 Å². The van der Waals surface area contributed by atoms with E-state index in [9.17, 15) is 4.79 Å². The highest BCUT2D eigenvalue weighted by molar-refractivity contribution is 5.80. The normalized spacial score (nSPS) is 23.0. The van der Waals surface area contributed by atoms with Crippen molar-refractivity contribution in [1.29, 1.82) is 0 Å². The SMILES string of the molecule is CCc1ccc2c(CN3CC(C)OC(C)C3)cc(=O)oc2c1. The van der Waals surface area contributed by atoms with E-state index in [1.54, 1.807) is 6.07 Å². The van der Waals surface area contributed by atoms with Gasteiger partial charge in [-0.1, -0.05) is 19.1 Å². The van der Waals surface area contributed by atoms with Crippen LogP contribution in [0.2, 0.25) is 0 Å². The topological polar surface area (TPSA) is 42.7 Å². The van der Waals surface area contributed by atoms with Crippen molar-refractivity contribution in [2.24, 2.45) is 0 Å². The predicted octanol–water partition coefficient (Wildman–Crippen LogP) is 2.96. The molecule has 4 heteroatoms. The molecule has 0 aliphatic carbocycles. The first-order valence-electron chi connectivity index (χ1n) is 7.98. The summed E-state index contributed by atoms with van der Waals surface area (Å²) in [5, 5.41) is 1.03. The van der Waals surface area contributed by atoms with E-state index in [1.807, 2.05) is 6.07 Å². The fourth-order valence-corrected chi connectivity index (χ4v) is 3.28. The molecule has 2 unspecified atom stereocenters. The lowest BCUT2D eigenvalue weighted by Gasteiger charge is -2.35. The summed E-state index contributed by atoms with van der Waals surface area (Å²) >= 11 is 0. The van der Waals surface area contributed by atoms with Gasteiger partial charge in [0.15, 0.2) is 0 Å². The molecule has 1 aromatic carbocycles. The van der Waals surface area contributed by atoms with Gasteiger partial charge in [0.1, 0.15) is 5.58 Å². The lowest BCUT2D eigenvalue weighted by Crippen LogP contribution is -2.44. The molecule has 1 aliphatic rings. The van der Waals surface area contributed by atoms with Crippen LogP contribution in [0.5, 0.6) is 0 Å². The third-order valence-electron chi connectivity index (χ3n) is 4.19. The first-order valence-corrected chi connectivity index (χ1v) is 7.98. The second-order valence-electron chi connectivity index (χ2n) is 6.23. The zero-order valence-electron chi connectivity index (χ0n) is 13.5. The van der Waals surface area contributed by atoms with Crippen molar-refractivity contribution in [2.75, 3.05) is 13.1 Å². The average molecular weight is 301 g/mol. The molecule has 1 aromatic heterocycles. The highest BCUT2D eigenvalue weighted by Gasteiger charge is 2.22. The van der Waals surface area contributed by atoms with E-state index < -0.39 is 0 Å². The Bertz CT molecular complexity index is 712. The van der Waals surface area contributed by atoms with Crippen molar-refractivity contribution in [3.63, 3.8) is 0 Å². The van der Waals surface area contributed by atoms with Crippen molar-refractivity contribution in [3.8, 4) is 0 Å². The van der Waals surface area contributed by atoms with Crippen molar-refractivity contribution in [2.45, 2.75) is 45.9 Å². The average Bonchev–Trinajstić information content (AvgIpc) is 2.45. The lowest BCUT2D eigenvalue weighted by molar-refractivity contribution is -0.0704. The number of ether oxygens (including phenoxy) is 1. The summed E-state index contributed by atoms with van der Waals surface area (Å²) in [6, 6.07) is 7.78. The van der Waals surface area contributed by atoms with E-state index in [0.29, 0.717) is 5.58 Å². The Labute approximate surface area is 130 Å². The molecule has 0 radical (unpaired) electrons. The van der Waals surface area contributed by atoms with E-state index in [1.165, 1.54) is 5.56 Å². The first kappa shape index (κ1) is 15.3. The van der Waals surface area contributed by atoms with Gasteiger partial charge in [0, 0.05) is 31.1 Å². The molecule has 1 aliphatic heterocycles. The van der Waals surface area contributed by atoms with Gasteiger partial charge in [0.2, 0.25) is 0 Å². The Hall–Kier alpha value is -1.65. The van der Waals surface area contributed by atoms with Gasteiger partial charge in [-0.25, -0.2) is 4.79 Å². The van der Waals surface area contributed by atoms with Crippen molar-refractivity contribution in [3.05, 3.63) is 45.8 Å². The maximum atomic E-state index is 11.9. The summed E-state index contributed by atoms with van der Waals surface area (Å²) in [4.78, 5) is 14.2. The van der Waals surface area contributed by atoms with Gasteiger partial charge in [0.05, 0.1) is 12.2 Å². The van der Waals surface area contributed by atoms with Crippen LogP contribution in [0.25, 0.3) is 11.0 Å². The molecule has 2 atom stereocenters. The number of hydrogen-bond donors (Lipinski definition) is 0. The van der Waals surface area contributed by atoms with Gasteiger partial charge in [-0.3, -0.25) is 4.90 Å². The minimum absolute atomic E-state index is 0.224. The Balaban J connectivity index is 1.94. The van der Waals surface area contributed by atoms with E-state index in [0.717, 1.165) is 37.0 Å². The zero-order chi connectivity index (χ0) is 15.7. The first-order chi connectivity index (χ1) is 10.5. The summed E-state index contributed by atoms with van der Waals surface area (Å²) < 4.78 is 11.2. The van der Waals surface area contributed by atoms with Gasteiger partial charge < -0.3 is 9.15 Å². The smallest absolute Gasteiger partial charge is 0.336 e. The van der Waals surface area contributed by atoms with Gasteiger partial charge >= 0.3 is 5.63 Å². The van der Waals surface area contributed by atoms with E-state index >= 15 is 0 Å². The number of nitrogens with zero attached hydrogens (tertiary/aromatic N) is 1. The Morgan fingerprint density at radius 3 is 2.59 bits per heavy atom. The molecule has 22 heavy (non-hydrogen) atoms. The molecule has 2 heterocycles. The molecule has 2 aromatic rings. The third-order valence-corrected chi connectivity index (χ3v) is 4.19. The molecule has 1 fully saturated rings. The molecule has 3 rings (SSSR count). The quantitative estimate of drug-likeness (QED) is 0.818. The molecule has 0 amide bonds. The maximum absolute atomic E-state index is 11.9. The van der Waals surface area contributed by atoms with Gasteiger partial charge in [0.25, 0.3) is 0 Å². The van der Waals surface area contributed by atoms with Crippen LogP contribution in [0.15, 0.2) is 33.5 Å². The summed E-state index contributed by atoms with van der Waals surface area (Å²) in [5.74, 6) is 0. The van der Waals surface area contributed by atoms with Crippen LogP contribution in [0.1, 0.15) is 31.9 Å². The van der Waals surface area contributed by atoms with E-state index in [-0.39, 0.29) is 17.8 Å². The molecule has 118 valence electrons. The summed E-state index contributed by atoms with van der Waals surface area (Å²) in [6.45, 7) is 8.81. The van der Waals surface area contributed by atoms with Crippen molar-refractivity contribution < 1.29 is 9.15 Å². The number of morpholine rings is 1. The van der Waals surface area contributed by atoms with Crippen molar-refractivity contribution in [1.82, 2.24) is 4.90 Å². The molecular formula is C18H23NO3. The summed E-state index contributed by atoms with van der Waals surface area (Å²) in [5.41, 5.74) is 2.64. The molecule has 0 spiro atoms. The zero-order valence-corrected chi connectivity index (χ0v) is 13.5. The number of rotatable bonds is 3. The van der Waals surface area contributed by atoms with Gasteiger partial charge in [-0.05, 0) is 37.5 Å². The second kappa shape index (κ2) is 6.23. The van der Waals surface area contributed by atoms with Crippen LogP contribution >= 0.6 is 0 Å². The Morgan fingerprint density at radius 2 is 1.91 bits per heavy atom. The van der Waals surface area contributed by atoms with Crippen LogP contribution < -0.4 is 5.63 Å². The van der Waals surface area contributed by atoms with Crippen LogP contribution in [0, 0.1) is 0 Å². The number of benzene rings is 1. The molecule has 0 saturated carbocycles. The van der Waals surface area contributed by atoms with Gasteiger partial charge in [-0.15, -0.1) is 0 Å². The Kier molecular flexibility index (Phi) is 4.32. The second-order valence-corrected chi connectivity index (χ2v) is 6.23. The lowest BCUT2D eigenvalue weighted by atomic mass is 10.1. The minimum atomic E-state index is -0.273. The van der Waals surface area contributed by atoms with Crippen LogP contribution in [-0.4, -0.2) is 30.2 Å². The van der Waals surface area contributed by atoms with Gasteiger partial charge in [-0.2, -0.15) is 0 Å². The fourth-order valence-electron chi connectivity index (χ4n) is 3.28. The molecule has 4 nitrogen and oxygen atoms in total. The molecule has 1 saturated heterocycles. The largest absolute Gasteiger partial charge is 0.423 e. The highest BCUT2D eigenvalue weighted by Crippen LogP contribution is 2.22. The number of hydrogen-bond acceptors (Lipinski definition) is 4. The third kappa shape index (κ3) is 3.23. The molecule has 0 N–H and O–H groups in total. The standard InChI is InChI=1S/C18H23NO3/c1-4-14-5-6-16-15(8-18(20)22-17(16)7-14)11-19-9-12(2)21-13(3)10-19/h5-8,12-13H,4,9-11H2,1-3H3. The van der Waals surface area contributed by atoms with Crippen LogP contribution in [0.3, 0.4) is 0 Å². The van der Waals surface area contributed by atoms with E-state index in [4.69, 9.17) is 9.15 Å². The summed E-state index contributed by atoms with van der Waals surface area (Å²) in [6.07, 6.45) is 1.38. The molecular weight excluding hydrogens is 278 g/mol. The van der Waals surface area contributed by atoms with Crippen LogP contribution in [-0.2, 0) is 17.7 Å². The fraction of sp³-hybridized carbons (Fsp3) is 0.500. The highest BCUT2D eigenvalue weighted by atomic mass is 16.5. The summed E-state index contributed by atoms with van der Waals surface area (Å²) in [7, 11) is 0. The maximum Gasteiger partial charge on any atom is 0.336 e. The van der Waals surface area contributed by atoms with Crippen molar-refractivity contribution >= 4 is 11.0 Å². The van der Waals surface area contributed by atoms with Crippen LogP contribution in [0.4, 0.5) is 0 Å². The number of aryl methyl sites for hydroxylation is 1. The Morgan fingerprint density at radius 1 is 1.18 bits per heavy atom. The number of fused-ring (bicyclic) bond motifs is 1. The monoisotopic (exact) mass is 301 g/mol.